The zero-order valence-corrected chi connectivity index (χ0v) is 24.3. The van der Waals surface area contributed by atoms with Crippen LogP contribution in [0.15, 0.2) is 65.6 Å². The van der Waals surface area contributed by atoms with E-state index in [1.807, 2.05) is 26.0 Å². The third kappa shape index (κ3) is 6.67. The van der Waals surface area contributed by atoms with Gasteiger partial charge >= 0.3 is 0 Å². The van der Waals surface area contributed by atoms with Crippen molar-refractivity contribution >= 4 is 50.7 Å². The number of hydrogen-bond acceptors (Lipinski definition) is 4. The first kappa shape index (κ1) is 29.5. The van der Waals surface area contributed by atoms with Gasteiger partial charge in [0.15, 0.2) is 0 Å². The number of sulfonamides is 1. The number of amides is 2. The molecule has 0 saturated heterocycles. The molecule has 7 nitrogen and oxygen atoms in total. The minimum absolute atomic E-state index is 0.0192. The maximum absolute atomic E-state index is 13.9. The lowest BCUT2D eigenvalue weighted by molar-refractivity contribution is -0.139. The molecule has 0 heterocycles. The van der Waals surface area contributed by atoms with Crippen LogP contribution < -0.4 is 9.62 Å². The van der Waals surface area contributed by atoms with Crippen molar-refractivity contribution in [3.63, 3.8) is 0 Å². The van der Waals surface area contributed by atoms with E-state index in [2.05, 4.69) is 5.32 Å². The van der Waals surface area contributed by atoms with Crippen LogP contribution in [0.2, 0.25) is 10.0 Å². The highest BCUT2D eigenvalue weighted by Crippen LogP contribution is 2.29. The predicted octanol–water partition coefficient (Wildman–Crippen LogP) is 5.28. The Morgan fingerprint density at radius 1 is 0.921 bits per heavy atom. The van der Waals surface area contributed by atoms with Gasteiger partial charge in [0.05, 0.1) is 10.6 Å². The number of nitrogens with zero attached hydrogens (tertiary/aromatic N) is 2. The van der Waals surface area contributed by atoms with Crippen LogP contribution in [0.25, 0.3) is 0 Å². The van der Waals surface area contributed by atoms with E-state index in [0.717, 1.165) is 15.4 Å². The van der Waals surface area contributed by atoms with Crippen LogP contribution in [-0.2, 0) is 26.2 Å². The molecule has 3 rings (SSSR count). The summed E-state index contributed by atoms with van der Waals surface area (Å²) in [7, 11) is -2.66. The fraction of sp³-hybridized carbons (Fsp3) is 0.286. The van der Waals surface area contributed by atoms with Crippen molar-refractivity contribution in [1.29, 1.82) is 0 Å². The highest BCUT2D eigenvalue weighted by atomic mass is 35.5. The number of nitrogens with one attached hydrogen (secondary N) is 1. The number of aryl methyl sites for hydroxylation is 3. The summed E-state index contributed by atoms with van der Waals surface area (Å²) in [4.78, 5) is 27.8. The molecule has 0 aliphatic carbocycles. The normalized spacial score (nSPS) is 12.1. The van der Waals surface area contributed by atoms with Gasteiger partial charge in [-0.1, -0.05) is 59.1 Å². The Balaban J connectivity index is 2.09. The third-order valence-electron chi connectivity index (χ3n) is 6.29. The van der Waals surface area contributed by atoms with Crippen molar-refractivity contribution in [1.82, 2.24) is 10.2 Å². The second kappa shape index (κ2) is 12.2. The Morgan fingerprint density at radius 3 is 2.16 bits per heavy atom. The molecule has 0 aliphatic heterocycles. The summed E-state index contributed by atoms with van der Waals surface area (Å²) in [6, 6.07) is 15.8. The molecule has 0 aliphatic rings. The quantitative estimate of drug-likeness (QED) is 0.376. The van der Waals surface area contributed by atoms with Crippen molar-refractivity contribution in [2.75, 3.05) is 17.9 Å². The standard InChI is InChI=1S/C28H31Cl2N3O4S/c1-18-7-12-24(13-8-18)38(36,37)33(26-14-19(2)6-9-20(26)3)17-27(34)32(21(4)28(35)31-5)16-22-10-11-23(29)15-25(22)30/h6-15,21H,16-17H2,1-5H3,(H,31,35)/t21-/m0/s1. The van der Waals surface area contributed by atoms with Crippen molar-refractivity contribution in [3.05, 3.63) is 93.0 Å². The Hall–Kier alpha value is -3.07. The molecule has 3 aromatic rings. The fourth-order valence-corrected chi connectivity index (χ4v) is 5.90. The van der Waals surface area contributed by atoms with Crippen LogP contribution in [0.1, 0.15) is 29.2 Å². The van der Waals surface area contributed by atoms with Gasteiger partial charge in [-0.15, -0.1) is 0 Å². The number of anilines is 1. The predicted molar refractivity (Wildman–Crippen MR) is 152 cm³/mol. The third-order valence-corrected chi connectivity index (χ3v) is 8.65. The second-order valence-corrected chi connectivity index (χ2v) is 11.9. The largest absolute Gasteiger partial charge is 0.357 e. The average Bonchev–Trinajstić information content (AvgIpc) is 2.87. The zero-order chi connectivity index (χ0) is 28.2. The maximum atomic E-state index is 13.9. The van der Waals surface area contributed by atoms with Crippen LogP contribution in [-0.4, -0.2) is 44.8 Å². The van der Waals surface area contributed by atoms with Crippen molar-refractivity contribution in [2.45, 2.75) is 45.2 Å². The summed E-state index contributed by atoms with van der Waals surface area (Å²) in [5, 5.41) is 3.32. The first-order chi connectivity index (χ1) is 17.8. The van der Waals surface area contributed by atoms with Crippen LogP contribution in [0.4, 0.5) is 5.69 Å². The Labute approximate surface area is 234 Å². The summed E-state index contributed by atoms with van der Waals surface area (Å²) in [6.45, 7) is 6.54. The molecule has 3 aromatic carbocycles. The number of halogens is 2. The fourth-order valence-electron chi connectivity index (χ4n) is 3.96. The molecule has 202 valence electrons. The van der Waals surface area contributed by atoms with E-state index in [-0.39, 0.29) is 11.4 Å². The lowest BCUT2D eigenvalue weighted by atomic mass is 10.1. The van der Waals surface area contributed by atoms with E-state index >= 15 is 0 Å². The molecule has 10 heteroatoms. The highest BCUT2D eigenvalue weighted by molar-refractivity contribution is 7.92. The molecule has 0 fully saturated rings. The van der Waals surface area contributed by atoms with Crippen LogP contribution in [0.3, 0.4) is 0 Å². The summed E-state index contributed by atoms with van der Waals surface area (Å²) >= 11 is 12.4. The first-order valence-corrected chi connectivity index (χ1v) is 14.2. The molecule has 0 radical (unpaired) electrons. The topological polar surface area (TPSA) is 86.8 Å². The molecule has 1 atom stereocenters. The molecule has 0 unspecified atom stereocenters. The first-order valence-electron chi connectivity index (χ1n) is 12.0. The number of carbonyl (C=O) groups excluding carboxylic acids is 2. The lowest BCUT2D eigenvalue weighted by Crippen LogP contribution is -2.50. The number of rotatable bonds is 9. The smallest absolute Gasteiger partial charge is 0.264 e. The van der Waals surface area contributed by atoms with Crippen LogP contribution in [0, 0.1) is 20.8 Å². The van der Waals surface area contributed by atoms with Gasteiger partial charge in [0.1, 0.15) is 12.6 Å². The number of carbonyl (C=O) groups is 2. The highest BCUT2D eigenvalue weighted by Gasteiger charge is 2.33. The minimum atomic E-state index is -4.14. The summed E-state index contributed by atoms with van der Waals surface area (Å²) in [5.41, 5.74) is 3.39. The van der Waals surface area contributed by atoms with E-state index in [1.54, 1.807) is 50.2 Å². The van der Waals surface area contributed by atoms with Gasteiger partial charge in [-0.3, -0.25) is 13.9 Å². The number of benzene rings is 3. The lowest BCUT2D eigenvalue weighted by Gasteiger charge is -2.32. The molecule has 1 N–H and O–H groups in total. The van der Waals surface area contributed by atoms with E-state index < -0.39 is 34.4 Å². The zero-order valence-electron chi connectivity index (χ0n) is 22.0. The average molecular weight is 577 g/mol. The molecule has 2 amide bonds. The molecule has 0 aromatic heterocycles. The molecular formula is C28H31Cl2N3O4S. The Bertz CT molecular complexity index is 1440. The van der Waals surface area contributed by atoms with Crippen LogP contribution >= 0.6 is 23.2 Å². The van der Waals surface area contributed by atoms with Gasteiger partial charge < -0.3 is 10.2 Å². The molecule has 0 spiro atoms. The van der Waals surface area contributed by atoms with Crippen molar-refractivity contribution < 1.29 is 18.0 Å². The number of hydrogen-bond donors (Lipinski definition) is 1. The molecular weight excluding hydrogens is 545 g/mol. The summed E-state index contributed by atoms with van der Waals surface area (Å²) in [6.07, 6.45) is 0. The van der Waals surface area contributed by atoms with E-state index in [0.29, 0.717) is 26.9 Å². The van der Waals surface area contributed by atoms with E-state index in [9.17, 15) is 18.0 Å². The van der Waals surface area contributed by atoms with Crippen molar-refractivity contribution in [3.8, 4) is 0 Å². The maximum Gasteiger partial charge on any atom is 0.264 e. The van der Waals surface area contributed by atoms with Crippen LogP contribution in [0.5, 0.6) is 0 Å². The molecule has 0 bridgehead atoms. The van der Waals surface area contributed by atoms with Gasteiger partial charge in [-0.05, 0) is 74.7 Å². The molecule has 0 saturated carbocycles. The van der Waals surface area contributed by atoms with E-state index in [1.165, 1.54) is 24.1 Å². The second-order valence-electron chi connectivity index (χ2n) is 9.16. The Kier molecular flexibility index (Phi) is 9.46. The number of likely N-dealkylation sites (N-methyl/N-ethyl adjacent to an activating group) is 1. The minimum Gasteiger partial charge on any atom is -0.357 e. The SMILES string of the molecule is CNC(=O)[C@H](C)N(Cc1ccc(Cl)cc1Cl)C(=O)CN(c1cc(C)ccc1C)S(=O)(=O)c1ccc(C)cc1. The summed E-state index contributed by atoms with van der Waals surface area (Å²) < 4.78 is 28.9. The van der Waals surface area contributed by atoms with Crippen molar-refractivity contribution in [2.24, 2.45) is 0 Å². The van der Waals surface area contributed by atoms with Gasteiger partial charge in [0, 0.05) is 23.6 Å². The monoisotopic (exact) mass is 575 g/mol. The van der Waals surface area contributed by atoms with Gasteiger partial charge in [0.2, 0.25) is 11.8 Å². The Morgan fingerprint density at radius 2 is 1.55 bits per heavy atom. The molecule has 38 heavy (non-hydrogen) atoms. The van der Waals surface area contributed by atoms with Gasteiger partial charge in [0.25, 0.3) is 10.0 Å². The summed E-state index contributed by atoms with van der Waals surface area (Å²) in [5.74, 6) is -0.966. The van der Waals surface area contributed by atoms with Gasteiger partial charge in [-0.25, -0.2) is 8.42 Å². The van der Waals surface area contributed by atoms with Gasteiger partial charge in [-0.2, -0.15) is 0 Å². The van der Waals surface area contributed by atoms with E-state index in [4.69, 9.17) is 23.2 Å².